The maximum Gasteiger partial charge on any atom is 0.186 e. The Bertz CT molecular complexity index is 293. The van der Waals surface area contributed by atoms with Gasteiger partial charge in [0.1, 0.15) is 6.10 Å². The Labute approximate surface area is 82.0 Å². The summed E-state index contributed by atoms with van der Waals surface area (Å²) in [5, 5.41) is 29.9. The second-order valence-corrected chi connectivity index (χ2v) is 3.09. The quantitative estimate of drug-likeness (QED) is 0.430. The summed E-state index contributed by atoms with van der Waals surface area (Å²) in [6.45, 7) is 0.294. The Morgan fingerprint density at radius 1 is 1.50 bits per heavy atom. The number of aliphatic hydroxyl groups is 2. The molecule has 14 heavy (non-hydrogen) atoms. The molecule has 0 bridgehead atoms. The molecule has 2 unspecified atom stereocenters. The molecule has 0 fully saturated rings. The van der Waals surface area contributed by atoms with Crippen LogP contribution in [0, 0.1) is 5.21 Å². The summed E-state index contributed by atoms with van der Waals surface area (Å²) in [6, 6.07) is 3.10. The first-order valence-corrected chi connectivity index (χ1v) is 4.40. The molecule has 78 valence electrons. The molecule has 0 saturated heterocycles. The molecule has 0 saturated carbocycles. The van der Waals surface area contributed by atoms with Crippen molar-refractivity contribution in [2.75, 3.05) is 6.54 Å². The largest absolute Gasteiger partial charge is 0.619 e. The predicted octanol–water partition coefficient (Wildman–Crippen LogP) is -0.937. The molecular weight excluding hydrogens is 184 g/mol. The van der Waals surface area contributed by atoms with Gasteiger partial charge < -0.3 is 21.2 Å². The highest BCUT2D eigenvalue weighted by Crippen LogP contribution is 2.16. The van der Waals surface area contributed by atoms with Crippen LogP contribution in [0.25, 0.3) is 0 Å². The fourth-order valence-electron chi connectivity index (χ4n) is 1.20. The first-order chi connectivity index (χ1) is 6.65. The van der Waals surface area contributed by atoms with Crippen LogP contribution in [0.5, 0.6) is 0 Å². The van der Waals surface area contributed by atoms with Crippen LogP contribution in [0.2, 0.25) is 0 Å². The highest BCUT2D eigenvalue weighted by molar-refractivity contribution is 5.10. The first kappa shape index (κ1) is 10.9. The van der Waals surface area contributed by atoms with Gasteiger partial charge in [-0.05, 0) is 19.0 Å². The van der Waals surface area contributed by atoms with Crippen LogP contribution in [-0.4, -0.2) is 22.9 Å². The van der Waals surface area contributed by atoms with E-state index in [2.05, 4.69) is 0 Å². The minimum Gasteiger partial charge on any atom is -0.619 e. The number of hydrogen-bond acceptors (Lipinski definition) is 4. The summed E-state index contributed by atoms with van der Waals surface area (Å²) in [5.74, 6) is 0. The van der Waals surface area contributed by atoms with Gasteiger partial charge in [0, 0.05) is 11.6 Å². The summed E-state index contributed by atoms with van der Waals surface area (Å²) in [7, 11) is 0. The van der Waals surface area contributed by atoms with Crippen LogP contribution in [0.15, 0.2) is 24.5 Å². The normalized spacial score (nSPS) is 15.1. The summed E-state index contributed by atoms with van der Waals surface area (Å²) < 4.78 is 0.577. The third-order valence-electron chi connectivity index (χ3n) is 1.97. The molecular formula is C9H14N2O3. The third kappa shape index (κ3) is 2.66. The van der Waals surface area contributed by atoms with Crippen molar-refractivity contribution >= 4 is 0 Å². The number of aliphatic hydroxyl groups excluding tert-OH is 2. The lowest BCUT2D eigenvalue weighted by Gasteiger charge is -2.16. The van der Waals surface area contributed by atoms with Gasteiger partial charge >= 0.3 is 0 Å². The second kappa shape index (κ2) is 4.90. The van der Waals surface area contributed by atoms with Gasteiger partial charge in [-0.1, -0.05) is 0 Å². The van der Waals surface area contributed by atoms with Crippen molar-refractivity contribution in [3.8, 4) is 0 Å². The topological polar surface area (TPSA) is 93.4 Å². The molecule has 0 amide bonds. The van der Waals surface area contributed by atoms with Crippen molar-refractivity contribution in [3.05, 3.63) is 35.3 Å². The minimum absolute atomic E-state index is 0.294. The number of aromatic nitrogens is 1. The van der Waals surface area contributed by atoms with Gasteiger partial charge in [-0.3, -0.25) is 0 Å². The zero-order valence-corrected chi connectivity index (χ0v) is 7.71. The molecule has 5 heteroatoms. The molecule has 1 aromatic heterocycles. The van der Waals surface area contributed by atoms with Crippen LogP contribution in [0.1, 0.15) is 18.1 Å². The fourth-order valence-corrected chi connectivity index (χ4v) is 1.20. The lowest BCUT2D eigenvalue weighted by atomic mass is 10.0. The van der Waals surface area contributed by atoms with Gasteiger partial charge in [0.15, 0.2) is 12.4 Å². The monoisotopic (exact) mass is 198 g/mol. The van der Waals surface area contributed by atoms with E-state index in [0.717, 1.165) is 0 Å². The van der Waals surface area contributed by atoms with Crippen molar-refractivity contribution in [2.24, 2.45) is 5.73 Å². The number of nitrogens with zero attached hydrogens (tertiary/aromatic N) is 1. The smallest absolute Gasteiger partial charge is 0.186 e. The summed E-state index contributed by atoms with van der Waals surface area (Å²) >= 11 is 0. The van der Waals surface area contributed by atoms with Crippen LogP contribution in [-0.2, 0) is 0 Å². The van der Waals surface area contributed by atoms with E-state index in [9.17, 15) is 15.4 Å². The summed E-state index contributed by atoms with van der Waals surface area (Å²) in [4.78, 5) is 0. The Hall–Kier alpha value is -1.17. The highest BCUT2D eigenvalue weighted by atomic mass is 16.5. The Balaban J connectivity index is 2.73. The highest BCUT2D eigenvalue weighted by Gasteiger charge is 2.19. The minimum atomic E-state index is -1.06. The molecule has 0 aromatic carbocycles. The van der Waals surface area contributed by atoms with E-state index >= 15 is 0 Å². The molecule has 0 aliphatic heterocycles. The number of rotatable bonds is 4. The summed E-state index contributed by atoms with van der Waals surface area (Å²) in [5.41, 5.74) is 5.63. The fraction of sp³-hybridized carbons (Fsp3) is 0.444. The van der Waals surface area contributed by atoms with Crippen molar-refractivity contribution in [1.82, 2.24) is 0 Å². The van der Waals surface area contributed by atoms with Crippen molar-refractivity contribution < 1.29 is 14.9 Å². The standard InChI is InChI=1S/C9H14N2O3/c10-4-3-8(12)9(13)7-2-1-5-11(14)6-7/h1-2,5-6,8-9,12-13H,3-4,10H2. The molecule has 4 N–H and O–H groups in total. The maximum absolute atomic E-state index is 10.9. The van der Waals surface area contributed by atoms with Crippen LogP contribution in [0.4, 0.5) is 0 Å². The van der Waals surface area contributed by atoms with E-state index in [1.54, 1.807) is 6.07 Å². The van der Waals surface area contributed by atoms with E-state index in [4.69, 9.17) is 5.73 Å². The second-order valence-electron chi connectivity index (χ2n) is 3.09. The molecule has 0 spiro atoms. The summed E-state index contributed by atoms with van der Waals surface area (Å²) in [6.07, 6.45) is 0.854. The average molecular weight is 198 g/mol. The number of hydrogen-bond donors (Lipinski definition) is 3. The zero-order valence-electron chi connectivity index (χ0n) is 7.71. The third-order valence-corrected chi connectivity index (χ3v) is 1.97. The Morgan fingerprint density at radius 3 is 2.79 bits per heavy atom. The van der Waals surface area contributed by atoms with Gasteiger partial charge in [-0.15, -0.1) is 0 Å². The van der Waals surface area contributed by atoms with E-state index < -0.39 is 12.2 Å². The van der Waals surface area contributed by atoms with Gasteiger partial charge in [0.05, 0.1) is 6.10 Å². The lowest BCUT2D eigenvalue weighted by molar-refractivity contribution is -0.606. The molecule has 1 heterocycles. The van der Waals surface area contributed by atoms with Crippen molar-refractivity contribution in [2.45, 2.75) is 18.6 Å². The van der Waals surface area contributed by atoms with Gasteiger partial charge in [-0.25, -0.2) is 0 Å². The van der Waals surface area contributed by atoms with Crippen molar-refractivity contribution in [1.29, 1.82) is 0 Å². The molecule has 0 aliphatic carbocycles. The van der Waals surface area contributed by atoms with Gasteiger partial charge in [0.25, 0.3) is 0 Å². The van der Waals surface area contributed by atoms with Crippen LogP contribution < -0.4 is 10.5 Å². The molecule has 0 aliphatic rings. The number of nitrogens with two attached hydrogens (primary N) is 1. The molecule has 1 rings (SSSR count). The molecule has 5 nitrogen and oxygen atoms in total. The SMILES string of the molecule is NCCC(O)C(O)c1ccc[n+]([O-])c1. The number of pyridine rings is 1. The Kier molecular flexibility index (Phi) is 3.82. The molecule has 0 radical (unpaired) electrons. The maximum atomic E-state index is 10.9. The van der Waals surface area contributed by atoms with E-state index in [0.29, 0.717) is 23.3 Å². The van der Waals surface area contributed by atoms with E-state index in [1.165, 1.54) is 18.5 Å². The Morgan fingerprint density at radius 2 is 2.21 bits per heavy atom. The van der Waals surface area contributed by atoms with E-state index in [-0.39, 0.29) is 0 Å². The van der Waals surface area contributed by atoms with Crippen LogP contribution >= 0.6 is 0 Å². The van der Waals surface area contributed by atoms with Crippen molar-refractivity contribution in [3.63, 3.8) is 0 Å². The van der Waals surface area contributed by atoms with Crippen LogP contribution in [0.3, 0.4) is 0 Å². The van der Waals surface area contributed by atoms with Gasteiger partial charge in [0.2, 0.25) is 0 Å². The zero-order chi connectivity index (χ0) is 10.6. The first-order valence-electron chi connectivity index (χ1n) is 4.40. The average Bonchev–Trinajstić information content (AvgIpc) is 2.17. The van der Waals surface area contributed by atoms with Gasteiger partial charge in [-0.2, -0.15) is 4.73 Å². The molecule has 2 atom stereocenters. The van der Waals surface area contributed by atoms with E-state index in [1.807, 2.05) is 0 Å². The molecule has 1 aromatic rings. The predicted molar refractivity (Wildman–Crippen MR) is 50.0 cm³/mol. The lowest BCUT2D eigenvalue weighted by Crippen LogP contribution is -2.28.